The van der Waals surface area contributed by atoms with Crippen molar-refractivity contribution in [2.24, 2.45) is 5.41 Å². The van der Waals surface area contributed by atoms with Crippen LogP contribution in [0.2, 0.25) is 0 Å². The van der Waals surface area contributed by atoms with Gasteiger partial charge in [-0.2, -0.15) is 0 Å². The number of hydrogen-bond acceptors (Lipinski definition) is 5. The minimum Gasteiger partial charge on any atom is -0.382 e. The van der Waals surface area contributed by atoms with Crippen LogP contribution in [0.25, 0.3) is 0 Å². The van der Waals surface area contributed by atoms with Crippen LogP contribution in [0.5, 0.6) is 0 Å². The minimum atomic E-state index is -0.0992. The molecular formula is C12H20N4OS. The summed E-state index contributed by atoms with van der Waals surface area (Å²) in [6, 6.07) is 0. The molecule has 1 aliphatic rings. The van der Waals surface area contributed by atoms with E-state index in [0.29, 0.717) is 16.1 Å². The van der Waals surface area contributed by atoms with Gasteiger partial charge >= 0.3 is 0 Å². The van der Waals surface area contributed by atoms with Gasteiger partial charge in [-0.15, -0.1) is 0 Å². The molecule has 6 heteroatoms. The molecule has 3 N–H and O–H groups in total. The Bertz CT molecular complexity index is 451. The Morgan fingerprint density at radius 1 is 1.56 bits per heavy atom. The van der Waals surface area contributed by atoms with Crippen LogP contribution in [0, 0.1) is 5.41 Å². The van der Waals surface area contributed by atoms with Crippen molar-refractivity contribution in [2.45, 2.75) is 26.2 Å². The Hall–Kier alpha value is -1.30. The van der Waals surface area contributed by atoms with E-state index in [4.69, 9.17) is 5.73 Å². The van der Waals surface area contributed by atoms with E-state index in [1.54, 1.807) is 0 Å². The second kappa shape index (κ2) is 4.76. The summed E-state index contributed by atoms with van der Waals surface area (Å²) in [6.45, 7) is 2.92. The van der Waals surface area contributed by atoms with E-state index in [0.717, 1.165) is 18.1 Å². The van der Waals surface area contributed by atoms with Gasteiger partial charge in [-0.05, 0) is 24.7 Å². The standard InChI is InChI=1S/C12H20N4OS/c1-4-12(5-6-12)7-14-10(17)8-9(13)15-11(18-8)16(2)3/h4-7,13H2,1-3H3,(H,14,17). The molecule has 0 atom stereocenters. The predicted octanol–water partition coefficient (Wildman–Crippen LogP) is 1.71. The van der Waals surface area contributed by atoms with Crippen LogP contribution < -0.4 is 16.0 Å². The van der Waals surface area contributed by atoms with Crippen LogP contribution >= 0.6 is 11.3 Å². The topological polar surface area (TPSA) is 71.2 Å². The normalized spacial score (nSPS) is 16.4. The first-order chi connectivity index (χ1) is 8.47. The zero-order valence-electron chi connectivity index (χ0n) is 11.1. The summed E-state index contributed by atoms with van der Waals surface area (Å²) in [6.07, 6.45) is 3.55. The summed E-state index contributed by atoms with van der Waals surface area (Å²) in [7, 11) is 3.77. The van der Waals surface area contributed by atoms with Gasteiger partial charge in [-0.3, -0.25) is 4.79 Å². The average molecular weight is 268 g/mol. The molecular weight excluding hydrogens is 248 g/mol. The van der Waals surface area contributed by atoms with Crippen LogP contribution in [-0.4, -0.2) is 31.5 Å². The molecule has 1 amide bonds. The molecule has 100 valence electrons. The Labute approximate surface area is 111 Å². The summed E-state index contributed by atoms with van der Waals surface area (Å²) in [5, 5.41) is 3.74. The van der Waals surface area contributed by atoms with Gasteiger partial charge in [-0.1, -0.05) is 18.3 Å². The van der Waals surface area contributed by atoms with Crippen molar-refractivity contribution in [3.8, 4) is 0 Å². The summed E-state index contributed by atoms with van der Waals surface area (Å²) in [5.41, 5.74) is 6.13. The molecule has 2 rings (SSSR count). The number of thiazole rings is 1. The highest BCUT2D eigenvalue weighted by Crippen LogP contribution is 2.47. The monoisotopic (exact) mass is 268 g/mol. The zero-order chi connectivity index (χ0) is 13.3. The highest BCUT2D eigenvalue weighted by atomic mass is 32.1. The molecule has 0 saturated heterocycles. The van der Waals surface area contributed by atoms with Crippen molar-refractivity contribution in [1.29, 1.82) is 0 Å². The van der Waals surface area contributed by atoms with Crippen LogP contribution in [0.3, 0.4) is 0 Å². The summed E-state index contributed by atoms with van der Waals surface area (Å²) >= 11 is 1.33. The van der Waals surface area contributed by atoms with Crippen molar-refractivity contribution in [1.82, 2.24) is 10.3 Å². The number of rotatable bonds is 5. The first kappa shape index (κ1) is 13.1. The lowest BCUT2D eigenvalue weighted by molar-refractivity contribution is 0.0949. The van der Waals surface area contributed by atoms with E-state index in [1.165, 1.54) is 24.2 Å². The first-order valence-electron chi connectivity index (χ1n) is 6.19. The van der Waals surface area contributed by atoms with Gasteiger partial charge in [0.15, 0.2) is 5.13 Å². The maximum absolute atomic E-state index is 12.1. The fraction of sp³-hybridized carbons (Fsp3) is 0.667. The molecule has 0 radical (unpaired) electrons. The lowest BCUT2D eigenvalue weighted by Gasteiger charge is -2.12. The smallest absolute Gasteiger partial charge is 0.265 e. The Balaban J connectivity index is 2.00. The molecule has 18 heavy (non-hydrogen) atoms. The van der Waals surface area contributed by atoms with Gasteiger partial charge in [0.05, 0.1) is 0 Å². The van der Waals surface area contributed by atoms with Gasteiger partial charge < -0.3 is 16.0 Å². The molecule has 0 aromatic carbocycles. The van der Waals surface area contributed by atoms with Crippen LogP contribution in [0.1, 0.15) is 35.9 Å². The quantitative estimate of drug-likeness (QED) is 0.853. The van der Waals surface area contributed by atoms with Crippen LogP contribution in [0.4, 0.5) is 10.9 Å². The van der Waals surface area contributed by atoms with Crippen molar-refractivity contribution < 1.29 is 4.79 Å². The molecule has 1 aromatic heterocycles. The van der Waals surface area contributed by atoms with Crippen molar-refractivity contribution >= 4 is 28.2 Å². The van der Waals surface area contributed by atoms with E-state index in [1.807, 2.05) is 19.0 Å². The zero-order valence-corrected chi connectivity index (χ0v) is 11.9. The van der Waals surface area contributed by atoms with Crippen molar-refractivity contribution in [3.05, 3.63) is 4.88 Å². The summed E-state index contributed by atoms with van der Waals surface area (Å²) in [4.78, 5) is 18.6. The SMILES string of the molecule is CCC1(CNC(=O)c2sc(N(C)C)nc2N)CC1. The predicted molar refractivity (Wildman–Crippen MR) is 75.1 cm³/mol. The first-order valence-corrected chi connectivity index (χ1v) is 7.01. The molecule has 1 aromatic rings. The third-order valence-corrected chi connectivity index (χ3v) is 4.80. The second-order valence-electron chi connectivity index (χ2n) is 5.14. The number of hydrogen-bond donors (Lipinski definition) is 2. The lowest BCUT2D eigenvalue weighted by Crippen LogP contribution is -2.29. The minimum absolute atomic E-state index is 0.0992. The maximum atomic E-state index is 12.1. The maximum Gasteiger partial charge on any atom is 0.265 e. The van der Waals surface area contributed by atoms with E-state index in [9.17, 15) is 4.79 Å². The number of nitrogen functional groups attached to an aromatic ring is 1. The van der Waals surface area contributed by atoms with Gasteiger partial charge in [0.25, 0.3) is 5.91 Å². The number of nitrogens with two attached hydrogens (primary N) is 1. The lowest BCUT2D eigenvalue weighted by atomic mass is 10.0. The fourth-order valence-corrected chi connectivity index (χ4v) is 2.68. The van der Waals surface area contributed by atoms with E-state index in [-0.39, 0.29) is 5.91 Å². The van der Waals surface area contributed by atoms with Crippen molar-refractivity contribution in [2.75, 3.05) is 31.3 Å². The third kappa shape index (κ3) is 2.58. The fourth-order valence-electron chi connectivity index (χ4n) is 1.85. The average Bonchev–Trinajstić information content (AvgIpc) is 3.02. The number of carbonyl (C=O) groups is 1. The van der Waals surface area contributed by atoms with E-state index in [2.05, 4.69) is 17.2 Å². The van der Waals surface area contributed by atoms with Gasteiger partial charge in [0, 0.05) is 20.6 Å². The number of amides is 1. The largest absolute Gasteiger partial charge is 0.382 e. The third-order valence-electron chi connectivity index (χ3n) is 3.56. The highest BCUT2D eigenvalue weighted by Gasteiger charge is 2.40. The Kier molecular flexibility index (Phi) is 3.47. The molecule has 1 fully saturated rings. The Morgan fingerprint density at radius 2 is 2.22 bits per heavy atom. The van der Waals surface area contributed by atoms with Gasteiger partial charge in [0.1, 0.15) is 10.7 Å². The van der Waals surface area contributed by atoms with Crippen LogP contribution in [-0.2, 0) is 0 Å². The number of nitrogens with zero attached hydrogens (tertiary/aromatic N) is 2. The number of nitrogens with one attached hydrogen (secondary N) is 1. The highest BCUT2D eigenvalue weighted by molar-refractivity contribution is 7.18. The number of aromatic nitrogens is 1. The summed E-state index contributed by atoms with van der Waals surface area (Å²) in [5.74, 6) is 0.223. The van der Waals surface area contributed by atoms with E-state index >= 15 is 0 Å². The number of anilines is 2. The van der Waals surface area contributed by atoms with Gasteiger partial charge in [0.2, 0.25) is 0 Å². The molecule has 0 bridgehead atoms. The molecule has 0 spiro atoms. The molecule has 1 aliphatic carbocycles. The van der Waals surface area contributed by atoms with Crippen molar-refractivity contribution in [3.63, 3.8) is 0 Å². The van der Waals surface area contributed by atoms with E-state index < -0.39 is 0 Å². The second-order valence-corrected chi connectivity index (χ2v) is 6.12. The van der Waals surface area contributed by atoms with Gasteiger partial charge in [-0.25, -0.2) is 4.98 Å². The van der Waals surface area contributed by atoms with Crippen LogP contribution in [0.15, 0.2) is 0 Å². The molecule has 0 unspecified atom stereocenters. The number of carbonyl (C=O) groups excluding carboxylic acids is 1. The molecule has 1 saturated carbocycles. The molecule has 0 aliphatic heterocycles. The Morgan fingerprint density at radius 3 is 2.67 bits per heavy atom. The molecule has 1 heterocycles. The molecule has 5 nitrogen and oxygen atoms in total. The summed E-state index contributed by atoms with van der Waals surface area (Å²) < 4.78 is 0.